The van der Waals surface area contributed by atoms with Crippen molar-refractivity contribution < 1.29 is 38.0 Å². The predicted octanol–water partition coefficient (Wildman–Crippen LogP) is 3.48. The fourth-order valence-corrected chi connectivity index (χ4v) is 4.94. The Balaban J connectivity index is 1.71. The second kappa shape index (κ2) is 13.4. The monoisotopic (exact) mass is 542 g/mol. The van der Waals surface area contributed by atoms with Gasteiger partial charge in [0.05, 0.1) is 47.7 Å². The van der Waals surface area contributed by atoms with Gasteiger partial charge in [0.1, 0.15) is 29.5 Å². The number of benzene rings is 2. The van der Waals surface area contributed by atoms with Crippen molar-refractivity contribution in [2.45, 2.75) is 18.8 Å². The number of carbonyl (C=O) groups is 1. The first-order chi connectivity index (χ1) is 19.1. The third-order valence-electron chi connectivity index (χ3n) is 6.96. The molecule has 10 heteroatoms. The Morgan fingerprint density at radius 2 is 1.59 bits per heavy atom. The van der Waals surface area contributed by atoms with Crippen molar-refractivity contribution in [1.82, 2.24) is 10.2 Å². The van der Waals surface area contributed by atoms with E-state index in [1.807, 2.05) is 0 Å². The zero-order valence-corrected chi connectivity index (χ0v) is 23.3. The maximum atomic E-state index is 12.6. The number of rotatable bonds is 13. The summed E-state index contributed by atoms with van der Waals surface area (Å²) in [7, 11) is 7.75. The van der Waals surface area contributed by atoms with Gasteiger partial charge < -0.3 is 48.2 Å². The molecule has 2 heterocycles. The van der Waals surface area contributed by atoms with Gasteiger partial charge in [0, 0.05) is 43.9 Å². The van der Waals surface area contributed by atoms with Crippen LogP contribution in [0.2, 0.25) is 0 Å². The highest BCUT2D eigenvalue weighted by Crippen LogP contribution is 2.49. The molecule has 2 aliphatic heterocycles. The minimum absolute atomic E-state index is 0.385. The maximum absolute atomic E-state index is 12.6. The topological polar surface area (TPSA) is 97.0 Å². The molecule has 0 aliphatic carbocycles. The number of carbonyl (C=O) groups excluding carboxylic acids is 1. The molecule has 1 unspecified atom stereocenters. The first-order valence-corrected chi connectivity index (χ1v) is 13.1. The lowest BCUT2D eigenvalue weighted by atomic mass is 9.91. The molecule has 0 bridgehead atoms. The molecule has 0 aromatic heterocycles. The number of nitrogens with zero attached hydrogens (tertiary/aromatic N) is 1. The van der Waals surface area contributed by atoms with Gasteiger partial charge in [0.2, 0.25) is 5.75 Å². The quantitative estimate of drug-likeness (QED) is 0.299. The SMILES string of the molecule is COc1cc(OC)c2c(c1)OC(c1cc(OC)c(OC)c(OC)c1)=C(OCCCCN1CCNCC1)C2C=O. The zero-order chi connectivity index (χ0) is 27.8. The van der Waals surface area contributed by atoms with E-state index in [4.69, 9.17) is 33.2 Å². The standard InChI is InChI=1S/C29H38N2O8/c1-33-20-16-22(34-2)26-21(18-32)28(38-13-7-6-10-31-11-8-30-9-12-31)27(39-23(26)17-20)19-14-24(35-3)29(37-5)25(15-19)36-4/h14-18,21,30H,6-13H2,1-5H3. The molecule has 2 aromatic rings. The molecule has 2 aromatic carbocycles. The van der Waals surface area contributed by atoms with Gasteiger partial charge >= 0.3 is 0 Å². The molecule has 212 valence electrons. The van der Waals surface area contributed by atoms with Crippen LogP contribution in [0.15, 0.2) is 30.0 Å². The van der Waals surface area contributed by atoms with Crippen molar-refractivity contribution in [3.8, 4) is 34.5 Å². The van der Waals surface area contributed by atoms with Crippen LogP contribution >= 0.6 is 0 Å². The number of fused-ring (bicyclic) bond motifs is 1. The molecule has 4 rings (SSSR count). The highest BCUT2D eigenvalue weighted by molar-refractivity contribution is 5.82. The second-order valence-corrected chi connectivity index (χ2v) is 9.21. The number of methoxy groups -OCH3 is 5. The van der Waals surface area contributed by atoms with Crippen molar-refractivity contribution >= 4 is 12.0 Å². The van der Waals surface area contributed by atoms with Gasteiger partial charge in [0.25, 0.3) is 0 Å². The average Bonchev–Trinajstić information content (AvgIpc) is 2.99. The van der Waals surface area contributed by atoms with Crippen molar-refractivity contribution in [2.75, 3.05) is 74.9 Å². The van der Waals surface area contributed by atoms with E-state index in [1.54, 1.807) is 59.8 Å². The van der Waals surface area contributed by atoms with E-state index in [-0.39, 0.29) is 0 Å². The van der Waals surface area contributed by atoms with Crippen LogP contribution in [0.3, 0.4) is 0 Å². The largest absolute Gasteiger partial charge is 0.496 e. The van der Waals surface area contributed by atoms with Crippen LogP contribution in [-0.2, 0) is 9.53 Å². The average molecular weight is 543 g/mol. The van der Waals surface area contributed by atoms with Crippen molar-refractivity contribution in [3.05, 3.63) is 41.2 Å². The molecule has 0 radical (unpaired) electrons. The van der Waals surface area contributed by atoms with Crippen LogP contribution in [-0.4, -0.2) is 86.1 Å². The number of aldehydes is 1. The van der Waals surface area contributed by atoms with Crippen molar-refractivity contribution in [2.24, 2.45) is 0 Å². The van der Waals surface area contributed by atoms with E-state index in [9.17, 15) is 4.79 Å². The van der Waals surface area contributed by atoms with E-state index in [1.165, 1.54) is 0 Å². The zero-order valence-electron chi connectivity index (χ0n) is 23.3. The second-order valence-electron chi connectivity index (χ2n) is 9.21. The van der Waals surface area contributed by atoms with Crippen LogP contribution in [0.25, 0.3) is 5.76 Å². The lowest BCUT2D eigenvalue weighted by Gasteiger charge is -2.30. The summed E-state index contributed by atoms with van der Waals surface area (Å²) < 4.78 is 40.5. The summed E-state index contributed by atoms with van der Waals surface area (Å²) in [5, 5.41) is 3.38. The van der Waals surface area contributed by atoms with Gasteiger partial charge in [-0.25, -0.2) is 0 Å². The van der Waals surface area contributed by atoms with Gasteiger partial charge in [-0.2, -0.15) is 0 Å². The molecule has 1 N–H and O–H groups in total. The number of nitrogens with one attached hydrogen (secondary N) is 1. The van der Waals surface area contributed by atoms with Crippen molar-refractivity contribution in [3.63, 3.8) is 0 Å². The van der Waals surface area contributed by atoms with Crippen LogP contribution in [0.4, 0.5) is 0 Å². The predicted molar refractivity (Wildman–Crippen MR) is 146 cm³/mol. The van der Waals surface area contributed by atoms with E-state index < -0.39 is 5.92 Å². The molecular weight excluding hydrogens is 504 g/mol. The van der Waals surface area contributed by atoms with E-state index in [0.29, 0.717) is 63.7 Å². The summed E-state index contributed by atoms with van der Waals surface area (Å²) in [6, 6.07) is 7.01. The Morgan fingerprint density at radius 3 is 2.18 bits per heavy atom. The van der Waals surface area contributed by atoms with Gasteiger partial charge in [0.15, 0.2) is 23.0 Å². The van der Waals surface area contributed by atoms with Crippen LogP contribution in [0, 0.1) is 0 Å². The Hall–Kier alpha value is -3.63. The minimum atomic E-state index is -0.753. The van der Waals surface area contributed by atoms with E-state index >= 15 is 0 Å². The van der Waals surface area contributed by atoms with Crippen LogP contribution < -0.4 is 33.7 Å². The van der Waals surface area contributed by atoms with Gasteiger partial charge in [-0.3, -0.25) is 0 Å². The summed E-state index contributed by atoms with van der Waals surface area (Å²) in [6.45, 7) is 5.58. The molecule has 2 aliphatic rings. The molecule has 10 nitrogen and oxygen atoms in total. The molecule has 1 saturated heterocycles. The number of piperazine rings is 1. The normalized spacial score (nSPS) is 17.1. The highest BCUT2D eigenvalue weighted by Gasteiger charge is 2.36. The number of hydrogen-bond acceptors (Lipinski definition) is 10. The van der Waals surface area contributed by atoms with E-state index in [2.05, 4.69) is 10.2 Å². The van der Waals surface area contributed by atoms with Gasteiger partial charge in [-0.05, 0) is 31.5 Å². The summed E-state index contributed by atoms with van der Waals surface area (Å²) in [5.41, 5.74) is 1.19. The molecular formula is C29H38N2O8. The van der Waals surface area contributed by atoms with Gasteiger partial charge in [-0.15, -0.1) is 0 Å². The maximum Gasteiger partial charge on any atom is 0.203 e. The van der Waals surface area contributed by atoms with E-state index in [0.717, 1.165) is 51.9 Å². The summed E-state index contributed by atoms with van der Waals surface area (Å²) in [6.07, 6.45) is 2.66. The molecule has 0 spiro atoms. The molecule has 39 heavy (non-hydrogen) atoms. The Bertz CT molecular complexity index is 1150. The Morgan fingerprint density at radius 1 is 0.897 bits per heavy atom. The summed E-state index contributed by atoms with van der Waals surface area (Å²) >= 11 is 0. The third kappa shape index (κ3) is 6.17. The lowest BCUT2D eigenvalue weighted by molar-refractivity contribution is -0.109. The molecule has 1 fully saturated rings. The highest BCUT2D eigenvalue weighted by atomic mass is 16.5. The number of allylic oxidation sites excluding steroid dienone is 1. The fourth-order valence-electron chi connectivity index (χ4n) is 4.94. The van der Waals surface area contributed by atoms with Crippen molar-refractivity contribution in [1.29, 1.82) is 0 Å². The number of unbranched alkanes of at least 4 members (excludes halogenated alkanes) is 1. The smallest absolute Gasteiger partial charge is 0.203 e. The molecule has 1 atom stereocenters. The first-order valence-electron chi connectivity index (χ1n) is 13.1. The van der Waals surface area contributed by atoms with Crippen LogP contribution in [0.5, 0.6) is 34.5 Å². The first kappa shape index (κ1) is 28.4. The summed E-state index contributed by atoms with van der Waals surface area (Å²) in [5.74, 6) is 2.85. The lowest BCUT2D eigenvalue weighted by Crippen LogP contribution is -2.43. The van der Waals surface area contributed by atoms with Gasteiger partial charge in [-0.1, -0.05) is 0 Å². The molecule has 0 amide bonds. The van der Waals surface area contributed by atoms with Crippen LogP contribution in [0.1, 0.15) is 29.9 Å². The Labute approximate surface area is 229 Å². The Kier molecular flexibility index (Phi) is 9.78. The summed E-state index contributed by atoms with van der Waals surface area (Å²) in [4.78, 5) is 15.1. The number of ether oxygens (including phenoxy) is 7. The molecule has 0 saturated carbocycles. The fraction of sp³-hybridized carbons (Fsp3) is 0.483. The third-order valence-corrected chi connectivity index (χ3v) is 6.96. The number of hydrogen-bond donors (Lipinski definition) is 1. The minimum Gasteiger partial charge on any atom is -0.496 e.